The molecule has 0 aliphatic heterocycles. The van der Waals surface area contributed by atoms with Crippen molar-refractivity contribution in [3.8, 4) is 16.9 Å². The van der Waals surface area contributed by atoms with Gasteiger partial charge in [-0.1, -0.05) is 0 Å². The van der Waals surface area contributed by atoms with Gasteiger partial charge in [-0.2, -0.15) is 5.10 Å². The van der Waals surface area contributed by atoms with Crippen molar-refractivity contribution >= 4 is 33.3 Å². The molecule has 0 spiro atoms. The topological polar surface area (TPSA) is 99.6 Å². The number of pyridine rings is 1. The minimum Gasteiger partial charge on any atom is -0.507 e. The molecule has 0 aliphatic carbocycles. The van der Waals surface area contributed by atoms with Gasteiger partial charge in [0.15, 0.2) is 5.82 Å². The van der Waals surface area contributed by atoms with Gasteiger partial charge >= 0.3 is 0 Å². The van der Waals surface area contributed by atoms with Gasteiger partial charge in [-0.05, 0) is 42.0 Å². The van der Waals surface area contributed by atoms with Gasteiger partial charge in [-0.25, -0.2) is 14.4 Å². The largest absolute Gasteiger partial charge is 0.507 e. The molecule has 7 nitrogen and oxygen atoms in total. The Morgan fingerprint density at radius 1 is 1.00 bits per heavy atom. The first-order chi connectivity index (χ1) is 13.7. The smallest absolute Gasteiger partial charge is 0.156 e. The summed E-state index contributed by atoms with van der Waals surface area (Å²) in [7, 11) is 0. The monoisotopic (exact) mass is 372 g/mol. The number of aromatic nitrogens is 5. The molecule has 5 rings (SSSR count). The normalized spacial score (nSPS) is 11.2. The van der Waals surface area contributed by atoms with Crippen LogP contribution in [-0.4, -0.2) is 30.3 Å². The summed E-state index contributed by atoms with van der Waals surface area (Å²) in [6.07, 6.45) is 6.35. The summed E-state index contributed by atoms with van der Waals surface area (Å²) in [4.78, 5) is 12.6. The number of halogens is 1. The van der Waals surface area contributed by atoms with E-state index in [2.05, 4.69) is 30.5 Å². The summed E-state index contributed by atoms with van der Waals surface area (Å²) in [5.41, 5.74) is 2.89. The molecule has 0 aliphatic rings. The predicted molar refractivity (Wildman–Crippen MR) is 104 cm³/mol. The minimum absolute atomic E-state index is 0.0142. The second-order valence-electron chi connectivity index (χ2n) is 6.22. The number of hydrogen-bond acceptors (Lipinski definition) is 6. The maximum absolute atomic E-state index is 14.9. The number of hydrogen-bond donors (Lipinski definition) is 3. The number of anilines is 2. The molecule has 0 saturated heterocycles. The van der Waals surface area contributed by atoms with Crippen LogP contribution < -0.4 is 5.32 Å². The van der Waals surface area contributed by atoms with Crippen LogP contribution >= 0.6 is 0 Å². The first kappa shape index (κ1) is 16.1. The van der Waals surface area contributed by atoms with Gasteiger partial charge in [0.1, 0.15) is 17.9 Å². The van der Waals surface area contributed by atoms with Crippen molar-refractivity contribution in [2.45, 2.75) is 0 Å². The van der Waals surface area contributed by atoms with Crippen LogP contribution in [0.4, 0.5) is 15.9 Å². The second-order valence-corrected chi connectivity index (χ2v) is 6.22. The lowest BCUT2D eigenvalue weighted by molar-refractivity contribution is 0.482. The molecule has 5 aromatic rings. The number of phenolic OH excluding ortho intramolecular Hbond substituents is 1. The van der Waals surface area contributed by atoms with Crippen molar-refractivity contribution in [2.24, 2.45) is 0 Å². The Morgan fingerprint density at radius 2 is 1.93 bits per heavy atom. The summed E-state index contributed by atoms with van der Waals surface area (Å²) >= 11 is 0. The number of aromatic hydroxyl groups is 1. The van der Waals surface area contributed by atoms with Crippen LogP contribution in [0.1, 0.15) is 0 Å². The highest BCUT2D eigenvalue weighted by Crippen LogP contribution is 2.36. The molecule has 0 bridgehead atoms. The van der Waals surface area contributed by atoms with E-state index in [0.717, 1.165) is 11.1 Å². The van der Waals surface area contributed by atoms with E-state index in [1.165, 1.54) is 6.33 Å². The van der Waals surface area contributed by atoms with E-state index in [0.29, 0.717) is 27.6 Å². The van der Waals surface area contributed by atoms with Crippen LogP contribution in [0.25, 0.3) is 32.9 Å². The molecule has 3 N–H and O–H groups in total. The maximum atomic E-state index is 14.9. The Kier molecular flexibility index (Phi) is 3.61. The van der Waals surface area contributed by atoms with E-state index in [4.69, 9.17) is 0 Å². The average Bonchev–Trinajstić information content (AvgIpc) is 3.25. The number of H-pyrrole nitrogens is 1. The number of benzene rings is 2. The highest BCUT2D eigenvalue weighted by Gasteiger charge is 2.14. The summed E-state index contributed by atoms with van der Waals surface area (Å²) in [6.45, 7) is 0. The van der Waals surface area contributed by atoms with Crippen molar-refractivity contribution in [3.63, 3.8) is 0 Å². The van der Waals surface area contributed by atoms with Crippen molar-refractivity contribution in [3.05, 3.63) is 67.1 Å². The molecule has 2 aromatic carbocycles. The van der Waals surface area contributed by atoms with Gasteiger partial charge in [0.25, 0.3) is 0 Å². The molecule has 3 heterocycles. The van der Waals surface area contributed by atoms with Crippen molar-refractivity contribution < 1.29 is 9.50 Å². The molecule has 0 amide bonds. The molecule has 0 saturated carbocycles. The van der Waals surface area contributed by atoms with Gasteiger partial charge < -0.3 is 10.4 Å². The predicted octanol–water partition coefficient (Wildman–Crippen LogP) is 4.16. The van der Waals surface area contributed by atoms with Gasteiger partial charge in [0, 0.05) is 23.3 Å². The van der Waals surface area contributed by atoms with E-state index in [9.17, 15) is 9.50 Å². The third-order valence-electron chi connectivity index (χ3n) is 4.52. The van der Waals surface area contributed by atoms with Crippen LogP contribution in [0.2, 0.25) is 0 Å². The Hall–Kier alpha value is -4.07. The summed E-state index contributed by atoms with van der Waals surface area (Å²) in [5.74, 6) is -0.144. The van der Waals surface area contributed by atoms with Crippen LogP contribution in [0.15, 0.2) is 61.3 Å². The number of aromatic amines is 1. The third kappa shape index (κ3) is 2.59. The Balaban J connectivity index is 1.63. The molecule has 0 radical (unpaired) electrons. The van der Waals surface area contributed by atoms with Crippen molar-refractivity contribution in [2.75, 3.05) is 5.32 Å². The molecule has 28 heavy (non-hydrogen) atoms. The zero-order valence-corrected chi connectivity index (χ0v) is 14.4. The highest BCUT2D eigenvalue weighted by atomic mass is 19.1. The average molecular weight is 372 g/mol. The van der Waals surface area contributed by atoms with E-state index < -0.39 is 5.82 Å². The fraction of sp³-hybridized carbons (Fsp3) is 0. The molecule has 8 heteroatoms. The molecule has 0 unspecified atom stereocenters. The number of phenols is 1. The number of nitrogens with zero attached hydrogens (tertiary/aromatic N) is 4. The van der Waals surface area contributed by atoms with E-state index in [-0.39, 0.29) is 11.4 Å². The number of nitrogens with one attached hydrogen (secondary N) is 2. The van der Waals surface area contributed by atoms with Crippen molar-refractivity contribution in [1.82, 2.24) is 25.1 Å². The summed E-state index contributed by atoms with van der Waals surface area (Å²) in [6, 6.07) is 10.1. The maximum Gasteiger partial charge on any atom is 0.156 e. The van der Waals surface area contributed by atoms with E-state index in [1.54, 1.807) is 48.9 Å². The van der Waals surface area contributed by atoms with Crippen LogP contribution in [0.5, 0.6) is 5.75 Å². The zero-order chi connectivity index (χ0) is 19.1. The Bertz CT molecular complexity index is 1320. The first-order valence-electron chi connectivity index (χ1n) is 8.48. The van der Waals surface area contributed by atoms with Gasteiger partial charge in [-0.3, -0.25) is 10.1 Å². The standard InChI is InChI=1S/C20H13FN6O/c21-19-13-2-1-5-22-14(13)3-4-15(19)27-20-18-16(23-10-24-20)6-11(7-17(18)28)12-8-25-26-9-12/h1-10,28H,(H,25,26)(H,23,24,27). The Labute approximate surface area is 157 Å². The highest BCUT2D eigenvalue weighted by molar-refractivity contribution is 5.98. The minimum atomic E-state index is -0.438. The number of fused-ring (bicyclic) bond motifs is 2. The second kappa shape index (κ2) is 6.27. The first-order valence-corrected chi connectivity index (χ1v) is 8.48. The van der Waals surface area contributed by atoms with E-state index >= 15 is 0 Å². The lowest BCUT2D eigenvalue weighted by atomic mass is 10.1. The van der Waals surface area contributed by atoms with Crippen LogP contribution in [0, 0.1) is 5.82 Å². The Morgan fingerprint density at radius 3 is 2.79 bits per heavy atom. The van der Waals surface area contributed by atoms with Crippen molar-refractivity contribution in [1.29, 1.82) is 0 Å². The lowest BCUT2D eigenvalue weighted by Crippen LogP contribution is -1.99. The van der Waals surface area contributed by atoms with Gasteiger partial charge in [0.2, 0.25) is 0 Å². The fourth-order valence-corrected chi connectivity index (χ4v) is 3.18. The molecule has 0 atom stereocenters. The van der Waals surface area contributed by atoms with Crippen LogP contribution in [-0.2, 0) is 0 Å². The lowest BCUT2D eigenvalue weighted by Gasteiger charge is -2.12. The molecule has 136 valence electrons. The summed E-state index contributed by atoms with van der Waals surface area (Å²) < 4.78 is 14.9. The SMILES string of the molecule is Oc1cc(-c2cn[nH]c2)cc2ncnc(Nc3ccc4ncccc4c3F)c12. The summed E-state index contributed by atoms with van der Waals surface area (Å²) in [5, 5.41) is 21.0. The van der Waals surface area contributed by atoms with Crippen LogP contribution in [0.3, 0.4) is 0 Å². The number of rotatable bonds is 3. The molecule has 0 fully saturated rings. The molecular formula is C20H13FN6O. The molecular weight excluding hydrogens is 359 g/mol. The third-order valence-corrected chi connectivity index (χ3v) is 4.52. The molecule has 3 aromatic heterocycles. The zero-order valence-electron chi connectivity index (χ0n) is 14.4. The van der Waals surface area contributed by atoms with Gasteiger partial charge in [0.05, 0.1) is 28.3 Å². The van der Waals surface area contributed by atoms with Gasteiger partial charge in [-0.15, -0.1) is 0 Å². The quantitative estimate of drug-likeness (QED) is 0.440. The van der Waals surface area contributed by atoms with E-state index in [1.807, 2.05) is 6.07 Å². The fourth-order valence-electron chi connectivity index (χ4n) is 3.18.